The molecule has 1 N–H and O–H groups in total. The number of para-hydroxylation sites is 1. The highest BCUT2D eigenvalue weighted by Gasteiger charge is 2.32. The van der Waals surface area contributed by atoms with Gasteiger partial charge in [0, 0.05) is 32.0 Å². The number of fused-ring (bicyclic) bond motifs is 1. The normalized spacial score (nSPS) is 11.9. The van der Waals surface area contributed by atoms with Crippen LogP contribution in [0, 0.1) is 5.82 Å². The van der Waals surface area contributed by atoms with E-state index in [2.05, 4.69) is 29.5 Å². The van der Waals surface area contributed by atoms with Crippen LogP contribution >= 0.6 is 0 Å². The van der Waals surface area contributed by atoms with Gasteiger partial charge in [-0.05, 0) is 71.1 Å². The van der Waals surface area contributed by atoms with Crippen molar-refractivity contribution in [2.24, 2.45) is 0 Å². The van der Waals surface area contributed by atoms with Gasteiger partial charge in [0.25, 0.3) is 5.91 Å². The summed E-state index contributed by atoms with van der Waals surface area (Å²) in [6, 6.07) is 27.6. The Labute approximate surface area is 250 Å². The molecule has 5 rings (SSSR count). The van der Waals surface area contributed by atoms with Crippen LogP contribution in [0.15, 0.2) is 97.1 Å². The number of anilines is 2. The van der Waals surface area contributed by atoms with Crippen LogP contribution in [0.25, 0.3) is 11.0 Å². The van der Waals surface area contributed by atoms with E-state index in [-0.39, 0.29) is 30.7 Å². The van der Waals surface area contributed by atoms with Crippen molar-refractivity contribution in [1.29, 1.82) is 0 Å². The minimum atomic E-state index is -0.984. The van der Waals surface area contributed by atoms with Crippen LogP contribution in [0.4, 0.5) is 15.8 Å². The molecule has 0 saturated carbocycles. The van der Waals surface area contributed by atoms with Crippen LogP contribution < -0.4 is 10.2 Å². The number of aromatic nitrogens is 3. The number of rotatable bonds is 10. The van der Waals surface area contributed by atoms with E-state index in [1.807, 2.05) is 91.8 Å². The summed E-state index contributed by atoms with van der Waals surface area (Å²) in [6.45, 7) is 4.15. The molecule has 1 unspecified atom stereocenters. The Kier molecular flexibility index (Phi) is 8.80. The molecular formula is C34H35FN6O2. The molecule has 0 bridgehead atoms. The van der Waals surface area contributed by atoms with E-state index < -0.39 is 6.04 Å². The average Bonchev–Trinajstić information content (AvgIpc) is 3.41. The molecule has 220 valence electrons. The highest BCUT2D eigenvalue weighted by molar-refractivity contribution is 5.98. The first-order valence-electron chi connectivity index (χ1n) is 14.2. The predicted molar refractivity (Wildman–Crippen MR) is 167 cm³/mol. The Bertz CT molecular complexity index is 1700. The molecule has 0 aliphatic rings. The van der Waals surface area contributed by atoms with Gasteiger partial charge in [-0.1, -0.05) is 67.6 Å². The summed E-state index contributed by atoms with van der Waals surface area (Å²) in [6.07, 6.45) is 0. The molecule has 0 fully saturated rings. The van der Waals surface area contributed by atoms with E-state index in [1.165, 1.54) is 21.7 Å². The van der Waals surface area contributed by atoms with Crippen molar-refractivity contribution in [3.63, 3.8) is 0 Å². The van der Waals surface area contributed by atoms with Crippen molar-refractivity contribution < 1.29 is 14.0 Å². The third-order valence-electron chi connectivity index (χ3n) is 7.42. The summed E-state index contributed by atoms with van der Waals surface area (Å²) < 4.78 is 15.3. The first kappa shape index (κ1) is 29.4. The van der Waals surface area contributed by atoms with Gasteiger partial charge in [0.15, 0.2) is 0 Å². The second-order valence-electron chi connectivity index (χ2n) is 11.0. The minimum Gasteiger partial charge on any atom is -0.378 e. The summed E-state index contributed by atoms with van der Waals surface area (Å²) in [5, 5.41) is 11.4. The number of benzene rings is 4. The molecule has 0 aliphatic carbocycles. The van der Waals surface area contributed by atoms with Gasteiger partial charge < -0.3 is 15.1 Å². The summed E-state index contributed by atoms with van der Waals surface area (Å²) >= 11 is 0. The number of carbonyl (C=O) groups is 2. The molecule has 1 heterocycles. The molecule has 0 aliphatic heterocycles. The molecule has 4 aromatic carbocycles. The quantitative estimate of drug-likeness (QED) is 0.214. The van der Waals surface area contributed by atoms with Crippen molar-refractivity contribution in [3.8, 4) is 0 Å². The van der Waals surface area contributed by atoms with Gasteiger partial charge in [0.05, 0.1) is 5.52 Å². The third kappa shape index (κ3) is 6.89. The van der Waals surface area contributed by atoms with Gasteiger partial charge in [-0.3, -0.25) is 9.59 Å². The lowest BCUT2D eigenvalue weighted by molar-refractivity contribution is -0.140. The first-order chi connectivity index (χ1) is 20.7. The Morgan fingerprint density at radius 1 is 0.860 bits per heavy atom. The van der Waals surface area contributed by atoms with E-state index in [0.717, 1.165) is 11.3 Å². The highest BCUT2D eigenvalue weighted by atomic mass is 19.1. The number of halogens is 1. The lowest BCUT2D eigenvalue weighted by Crippen LogP contribution is -2.42. The van der Waals surface area contributed by atoms with Crippen molar-refractivity contribution in [2.75, 3.05) is 24.3 Å². The number of hydrogen-bond acceptors (Lipinski definition) is 5. The van der Waals surface area contributed by atoms with Crippen LogP contribution in [0.2, 0.25) is 0 Å². The lowest BCUT2D eigenvalue weighted by Gasteiger charge is -2.32. The standard InChI is InChI=1S/C34H35FN6O2/c1-23(2)25-11-13-26(14-12-25)33(34(43)36-28-17-19-29(20-18-28)39(3)4)40(21-24-9-15-27(35)16-10-24)32(42)22-41-31-8-6-5-7-30(31)37-38-41/h5-20,23,33H,21-22H2,1-4H3,(H,36,43). The van der Waals surface area contributed by atoms with Gasteiger partial charge in [-0.15, -0.1) is 5.10 Å². The zero-order chi connectivity index (χ0) is 30.5. The molecule has 43 heavy (non-hydrogen) atoms. The minimum absolute atomic E-state index is 0.0787. The number of amides is 2. The van der Waals surface area contributed by atoms with Gasteiger partial charge in [0.1, 0.15) is 23.9 Å². The fourth-order valence-electron chi connectivity index (χ4n) is 4.95. The topological polar surface area (TPSA) is 83.4 Å². The van der Waals surface area contributed by atoms with Crippen LogP contribution in [-0.4, -0.2) is 45.8 Å². The molecule has 9 heteroatoms. The Hall–Kier alpha value is -5.05. The summed E-state index contributed by atoms with van der Waals surface area (Å²) in [5.74, 6) is -0.783. The fraction of sp³-hybridized carbons (Fsp3) is 0.235. The molecule has 1 atom stereocenters. The maximum Gasteiger partial charge on any atom is 0.251 e. The van der Waals surface area contributed by atoms with Crippen molar-refractivity contribution in [2.45, 2.75) is 38.9 Å². The molecule has 1 aromatic heterocycles. The molecule has 5 aromatic rings. The lowest BCUT2D eigenvalue weighted by atomic mass is 9.97. The Morgan fingerprint density at radius 3 is 2.16 bits per heavy atom. The van der Waals surface area contributed by atoms with Gasteiger partial charge >= 0.3 is 0 Å². The first-order valence-corrected chi connectivity index (χ1v) is 14.2. The zero-order valence-electron chi connectivity index (χ0n) is 24.7. The largest absolute Gasteiger partial charge is 0.378 e. The smallest absolute Gasteiger partial charge is 0.251 e. The molecule has 8 nitrogen and oxygen atoms in total. The Balaban J connectivity index is 1.55. The van der Waals surface area contributed by atoms with E-state index in [1.54, 1.807) is 12.1 Å². The summed E-state index contributed by atoms with van der Waals surface area (Å²) in [4.78, 5) is 31.8. The van der Waals surface area contributed by atoms with Crippen LogP contribution in [0.3, 0.4) is 0 Å². The van der Waals surface area contributed by atoms with E-state index in [0.29, 0.717) is 33.8 Å². The fourth-order valence-corrected chi connectivity index (χ4v) is 4.95. The maximum absolute atomic E-state index is 14.2. The zero-order valence-corrected chi connectivity index (χ0v) is 24.7. The second-order valence-corrected chi connectivity index (χ2v) is 11.0. The monoisotopic (exact) mass is 578 g/mol. The summed E-state index contributed by atoms with van der Waals surface area (Å²) in [7, 11) is 3.89. The van der Waals surface area contributed by atoms with Crippen molar-refractivity contribution in [1.82, 2.24) is 19.9 Å². The average molecular weight is 579 g/mol. The van der Waals surface area contributed by atoms with Crippen LogP contribution in [-0.2, 0) is 22.7 Å². The Morgan fingerprint density at radius 2 is 1.51 bits per heavy atom. The second kappa shape index (κ2) is 12.9. The molecule has 0 spiro atoms. The van der Waals surface area contributed by atoms with Crippen LogP contribution in [0.5, 0.6) is 0 Å². The van der Waals surface area contributed by atoms with Gasteiger partial charge in [-0.25, -0.2) is 9.07 Å². The SMILES string of the molecule is CC(C)c1ccc(C(C(=O)Nc2ccc(N(C)C)cc2)N(Cc2ccc(F)cc2)C(=O)Cn2nnc3ccccc32)cc1. The van der Waals surface area contributed by atoms with E-state index in [9.17, 15) is 14.0 Å². The molecule has 0 saturated heterocycles. The third-order valence-corrected chi connectivity index (χ3v) is 7.42. The van der Waals surface area contributed by atoms with E-state index >= 15 is 0 Å². The number of hydrogen-bond donors (Lipinski definition) is 1. The van der Waals surface area contributed by atoms with Crippen molar-refractivity contribution >= 4 is 34.2 Å². The van der Waals surface area contributed by atoms with Gasteiger partial charge in [0.2, 0.25) is 5.91 Å². The number of nitrogens with one attached hydrogen (secondary N) is 1. The number of carbonyl (C=O) groups excluding carboxylic acids is 2. The van der Waals surface area contributed by atoms with Crippen LogP contribution in [0.1, 0.15) is 42.5 Å². The summed E-state index contributed by atoms with van der Waals surface area (Å²) in [5.41, 5.74) is 5.44. The van der Waals surface area contributed by atoms with Crippen molar-refractivity contribution in [3.05, 3.63) is 120 Å². The highest BCUT2D eigenvalue weighted by Crippen LogP contribution is 2.28. The predicted octanol–water partition coefficient (Wildman–Crippen LogP) is 6.17. The number of nitrogens with zero attached hydrogens (tertiary/aromatic N) is 5. The maximum atomic E-state index is 14.2. The molecular weight excluding hydrogens is 543 g/mol. The van der Waals surface area contributed by atoms with Gasteiger partial charge in [-0.2, -0.15) is 0 Å². The molecule has 0 radical (unpaired) electrons. The molecule has 2 amide bonds. The van der Waals surface area contributed by atoms with E-state index in [4.69, 9.17) is 0 Å².